The van der Waals surface area contributed by atoms with E-state index in [1.54, 1.807) is 0 Å². The number of rotatable bonds is 4. The molecule has 3 N–H and O–H groups in total. The van der Waals surface area contributed by atoms with Gasteiger partial charge in [-0.05, 0) is 17.9 Å². The van der Waals surface area contributed by atoms with E-state index in [1.165, 1.54) is 25.1 Å². The standard InChI is InChI=1S/C13H12O9S3.2K.2H/c1-7(2)10-8-5-3-4-6-9(8)11(23(14,15)16)13(25(20,21)22)12(10)24(17,18)19;;;;/h3-6H,1H2,2H3,(H,14,15,16)(H,17,18,19)(H,20,21,22);;;;/q;2*+1;2*-1. The first kappa shape index (κ1) is 28.4. The Hall–Kier alpha value is 1.44. The second-order valence-corrected chi connectivity index (χ2v) is 9.19. The van der Waals surface area contributed by atoms with Crippen molar-refractivity contribution in [3.05, 3.63) is 36.4 Å². The molecule has 0 unspecified atom stereocenters. The summed E-state index contributed by atoms with van der Waals surface area (Å²) in [6.07, 6.45) is 0. The monoisotopic (exact) mass is 488 g/mol. The summed E-state index contributed by atoms with van der Waals surface area (Å²) in [7, 11) is -16.2. The fourth-order valence-electron chi connectivity index (χ4n) is 2.52. The van der Waals surface area contributed by atoms with E-state index < -0.39 is 50.6 Å². The van der Waals surface area contributed by atoms with Gasteiger partial charge in [-0.1, -0.05) is 30.8 Å². The Morgan fingerprint density at radius 1 is 0.778 bits per heavy atom. The van der Waals surface area contributed by atoms with E-state index in [9.17, 15) is 38.9 Å². The van der Waals surface area contributed by atoms with Crippen molar-refractivity contribution in [2.45, 2.75) is 21.6 Å². The number of fused-ring (bicyclic) bond motifs is 1. The summed E-state index contributed by atoms with van der Waals surface area (Å²) >= 11 is 0. The molecule has 0 fully saturated rings. The minimum absolute atomic E-state index is 0. The molecule has 0 atom stereocenters. The summed E-state index contributed by atoms with van der Waals surface area (Å²) in [6.45, 7) is 4.79. The molecule has 0 aliphatic heterocycles. The molecule has 27 heavy (non-hydrogen) atoms. The van der Waals surface area contributed by atoms with Crippen LogP contribution in [0.4, 0.5) is 0 Å². The van der Waals surface area contributed by atoms with Gasteiger partial charge in [-0.2, -0.15) is 25.3 Å². The van der Waals surface area contributed by atoms with Crippen LogP contribution in [0.5, 0.6) is 0 Å². The molecule has 2 aromatic rings. The topological polar surface area (TPSA) is 163 Å². The zero-order valence-corrected chi connectivity index (χ0v) is 23.2. The van der Waals surface area contributed by atoms with Gasteiger partial charge in [0.1, 0.15) is 14.7 Å². The van der Waals surface area contributed by atoms with Gasteiger partial charge in [-0.3, -0.25) is 13.7 Å². The summed E-state index contributed by atoms with van der Waals surface area (Å²) < 4.78 is 99.0. The molecule has 14 heteroatoms. The van der Waals surface area contributed by atoms with Crippen molar-refractivity contribution in [1.29, 1.82) is 0 Å². The zero-order chi connectivity index (χ0) is 19.4. The van der Waals surface area contributed by atoms with Crippen molar-refractivity contribution >= 4 is 46.7 Å². The molecule has 0 bridgehead atoms. The van der Waals surface area contributed by atoms with Crippen molar-refractivity contribution < 1.29 is 145 Å². The van der Waals surface area contributed by atoms with E-state index in [1.807, 2.05) is 0 Å². The Kier molecular flexibility index (Phi) is 10.2. The van der Waals surface area contributed by atoms with Crippen molar-refractivity contribution in [3.8, 4) is 0 Å². The maximum Gasteiger partial charge on any atom is 1.00 e. The van der Waals surface area contributed by atoms with E-state index in [0.717, 1.165) is 6.07 Å². The van der Waals surface area contributed by atoms with Crippen LogP contribution in [0.3, 0.4) is 0 Å². The molecule has 0 saturated heterocycles. The van der Waals surface area contributed by atoms with E-state index in [-0.39, 0.29) is 122 Å². The molecule has 140 valence electrons. The van der Waals surface area contributed by atoms with E-state index in [0.29, 0.717) is 0 Å². The molecule has 0 amide bonds. The zero-order valence-electron chi connectivity index (χ0n) is 16.5. The molecule has 0 aliphatic carbocycles. The van der Waals surface area contributed by atoms with Crippen molar-refractivity contribution in [3.63, 3.8) is 0 Å². The minimum Gasteiger partial charge on any atom is -1.00 e. The van der Waals surface area contributed by atoms with Crippen molar-refractivity contribution in [2.75, 3.05) is 0 Å². The normalized spacial score (nSPS) is 12.1. The van der Waals surface area contributed by atoms with Crippen LogP contribution in [0.2, 0.25) is 0 Å². The summed E-state index contributed by atoms with van der Waals surface area (Å²) in [5.41, 5.74) is -0.436. The molecular formula is C13H14K2O9S3. The van der Waals surface area contributed by atoms with Gasteiger partial charge in [0.05, 0.1) is 0 Å². The molecule has 0 aliphatic rings. The first-order valence-corrected chi connectivity index (χ1v) is 10.7. The SMILES string of the molecule is C=C(C)c1c(S(=O)(=O)O)c(S(=O)(=O)O)c(S(=O)(=O)O)c2ccccc12.[H-].[H-].[K+].[K+]. The van der Waals surface area contributed by atoms with Crippen LogP contribution in [0, 0.1) is 0 Å². The van der Waals surface area contributed by atoms with Gasteiger partial charge in [0.25, 0.3) is 30.4 Å². The van der Waals surface area contributed by atoms with Crippen LogP contribution in [0.1, 0.15) is 15.3 Å². The van der Waals surface area contributed by atoms with E-state index in [4.69, 9.17) is 0 Å². The summed E-state index contributed by atoms with van der Waals surface area (Å²) in [6, 6.07) is 5.05. The molecule has 0 heterocycles. The van der Waals surface area contributed by atoms with Gasteiger partial charge in [-0.25, -0.2) is 0 Å². The molecule has 0 saturated carbocycles. The van der Waals surface area contributed by atoms with Crippen LogP contribution in [-0.2, 0) is 30.4 Å². The molecule has 0 spiro atoms. The second kappa shape index (κ2) is 9.71. The van der Waals surface area contributed by atoms with E-state index in [2.05, 4.69) is 6.58 Å². The number of allylic oxidation sites excluding steroid dienone is 1. The number of hydrogen-bond donors (Lipinski definition) is 3. The van der Waals surface area contributed by atoms with Crippen LogP contribution in [0.15, 0.2) is 45.5 Å². The molecule has 0 radical (unpaired) electrons. The molecule has 9 nitrogen and oxygen atoms in total. The van der Waals surface area contributed by atoms with Gasteiger partial charge in [0.2, 0.25) is 0 Å². The van der Waals surface area contributed by atoms with Crippen LogP contribution in [0.25, 0.3) is 16.3 Å². The van der Waals surface area contributed by atoms with Crippen molar-refractivity contribution in [2.24, 2.45) is 0 Å². The molecule has 2 aromatic carbocycles. The third kappa shape index (κ3) is 5.99. The Morgan fingerprint density at radius 2 is 1.15 bits per heavy atom. The Balaban J connectivity index is -0.00000169. The third-order valence-electron chi connectivity index (χ3n) is 3.28. The van der Waals surface area contributed by atoms with Crippen LogP contribution >= 0.6 is 0 Å². The Labute approximate surface area is 244 Å². The fourth-order valence-corrected chi connectivity index (χ4v) is 6.20. The second-order valence-electron chi connectivity index (χ2n) is 5.11. The first-order valence-electron chi connectivity index (χ1n) is 6.34. The molecular weight excluding hydrogens is 475 g/mol. The smallest absolute Gasteiger partial charge is 1.00 e. The number of hydrogen-bond acceptors (Lipinski definition) is 6. The average Bonchev–Trinajstić information content (AvgIpc) is 2.41. The molecule has 0 aromatic heterocycles. The first-order chi connectivity index (χ1) is 11.2. The van der Waals surface area contributed by atoms with E-state index >= 15 is 0 Å². The third-order valence-corrected chi connectivity index (χ3v) is 6.33. The van der Waals surface area contributed by atoms with Crippen molar-refractivity contribution in [1.82, 2.24) is 0 Å². The quantitative estimate of drug-likeness (QED) is 0.286. The van der Waals surface area contributed by atoms with Gasteiger partial charge < -0.3 is 2.85 Å². The largest absolute Gasteiger partial charge is 1.00 e. The maximum absolute atomic E-state index is 11.8. The number of benzene rings is 2. The molecule has 2 rings (SSSR count). The van der Waals surface area contributed by atoms with Gasteiger partial charge >= 0.3 is 103 Å². The van der Waals surface area contributed by atoms with Gasteiger partial charge in [0, 0.05) is 10.9 Å². The maximum atomic E-state index is 11.8. The summed E-state index contributed by atoms with van der Waals surface area (Å²) in [5.74, 6) is 0. The minimum atomic E-state index is -5.50. The van der Waals surface area contributed by atoms with Gasteiger partial charge in [-0.15, -0.1) is 0 Å². The predicted molar refractivity (Wildman–Crippen MR) is 90.3 cm³/mol. The summed E-state index contributed by atoms with van der Waals surface area (Å²) in [4.78, 5) is -4.38. The Bertz CT molecular complexity index is 1240. The average molecular weight is 489 g/mol. The predicted octanol–water partition coefficient (Wildman–Crippen LogP) is -4.15. The van der Waals surface area contributed by atoms with Crippen LogP contribution < -0.4 is 103 Å². The summed E-state index contributed by atoms with van der Waals surface area (Å²) in [5, 5.41) is -0.481. The van der Waals surface area contributed by atoms with Gasteiger partial charge in [0.15, 0.2) is 0 Å². The van der Waals surface area contributed by atoms with Crippen LogP contribution in [-0.4, -0.2) is 38.9 Å². The Morgan fingerprint density at radius 3 is 1.48 bits per heavy atom. The fraction of sp³-hybridized carbons (Fsp3) is 0.0769.